The molecule has 7 nitrogen and oxygen atoms in total. The Hall–Kier alpha value is -3.09. The maximum Gasteiger partial charge on any atom is 0.227 e. The van der Waals surface area contributed by atoms with Crippen LogP contribution < -0.4 is 19.7 Å². The molecular weight excluding hydrogens is 346 g/mol. The van der Waals surface area contributed by atoms with E-state index in [9.17, 15) is 9.59 Å². The second kappa shape index (κ2) is 8.53. The van der Waals surface area contributed by atoms with Gasteiger partial charge in [0, 0.05) is 49.6 Å². The van der Waals surface area contributed by atoms with Crippen molar-refractivity contribution in [3.05, 3.63) is 48.3 Å². The van der Waals surface area contributed by atoms with Gasteiger partial charge in [0.05, 0.1) is 20.1 Å². The van der Waals surface area contributed by atoms with Crippen molar-refractivity contribution in [1.82, 2.24) is 10.3 Å². The second-order valence-electron chi connectivity index (χ2n) is 6.31. The van der Waals surface area contributed by atoms with Crippen LogP contribution in [0.3, 0.4) is 0 Å². The van der Waals surface area contributed by atoms with Gasteiger partial charge in [-0.3, -0.25) is 14.6 Å². The molecule has 142 valence electrons. The second-order valence-corrected chi connectivity index (χ2v) is 6.31. The van der Waals surface area contributed by atoms with Crippen LogP contribution in [-0.2, 0) is 16.0 Å². The predicted molar refractivity (Wildman–Crippen MR) is 101 cm³/mol. The lowest BCUT2D eigenvalue weighted by molar-refractivity contribution is -0.126. The fourth-order valence-electron chi connectivity index (χ4n) is 3.13. The van der Waals surface area contributed by atoms with E-state index in [1.807, 2.05) is 18.2 Å². The van der Waals surface area contributed by atoms with Crippen LogP contribution in [0.25, 0.3) is 0 Å². The van der Waals surface area contributed by atoms with Crippen LogP contribution in [0.15, 0.2) is 42.6 Å². The maximum atomic E-state index is 12.4. The number of nitrogens with zero attached hydrogens (tertiary/aromatic N) is 2. The number of pyridine rings is 1. The first-order valence-electron chi connectivity index (χ1n) is 8.82. The Balaban J connectivity index is 1.59. The summed E-state index contributed by atoms with van der Waals surface area (Å²) in [7, 11) is 3.11. The van der Waals surface area contributed by atoms with Crippen molar-refractivity contribution in [2.45, 2.75) is 12.8 Å². The molecule has 1 aromatic heterocycles. The van der Waals surface area contributed by atoms with Gasteiger partial charge < -0.3 is 19.7 Å². The zero-order chi connectivity index (χ0) is 19.2. The number of benzene rings is 1. The Morgan fingerprint density at radius 3 is 2.74 bits per heavy atom. The lowest BCUT2D eigenvalue weighted by Gasteiger charge is -2.18. The molecule has 0 aliphatic carbocycles. The van der Waals surface area contributed by atoms with E-state index in [2.05, 4.69) is 10.3 Å². The minimum absolute atomic E-state index is 0.0768. The third-order valence-corrected chi connectivity index (χ3v) is 4.58. The molecule has 1 atom stereocenters. The number of nitrogens with one attached hydrogen (secondary N) is 1. The summed E-state index contributed by atoms with van der Waals surface area (Å²) in [6.07, 6.45) is 2.59. The van der Waals surface area contributed by atoms with E-state index in [1.165, 1.54) is 0 Å². The van der Waals surface area contributed by atoms with Crippen molar-refractivity contribution in [3.63, 3.8) is 0 Å². The number of hydrogen-bond donors (Lipinski definition) is 1. The van der Waals surface area contributed by atoms with Crippen molar-refractivity contribution < 1.29 is 19.1 Å². The molecule has 0 spiro atoms. The summed E-state index contributed by atoms with van der Waals surface area (Å²) in [5, 5.41) is 2.90. The highest BCUT2D eigenvalue weighted by Crippen LogP contribution is 2.34. The molecule has 7 heteroatoms. The first kappa shape index (κ1) is 18.7. The standard InChI is InChI=1S/C20H23N3O4/c1-26-17-7-6-16(12-18(17)27-2)23-13-14(11-19(23)24)20(25)22-10-8-15-5-3-4-9-21-15/h3-7,9,12,14H,8,10-11,13H2,1-2H3,(H,22,25)/t14-/m1/s1. The summed E-state index contributed by atoms with van der Waals surface area (Å²) in [5.74, 6) is 0.589. The number of methoxy groups -OCH3 is 2. The van der Waals surface area contributed by atoms with Crippen LogP contribution in [0, 0.1) is 5.92 Å². The molecule has 0 bridgehead atoms. The van der Waals surface area contributed by atoms with E-state index in [4.69, 9.17) is 9.47 Å². The smallest absolute Gasteiger partial charge is 0.227 e. The highest BCUT2D eigenvalue weighted by molar-refractivity contribution is 6.00. The Bertz CT molecular complexity index is 810. The minimum atomic E-state index is -0.366. The number of aromatic nitrogens is 1. The normalized spacial score (nSPS) is 16.3. The maximum absolute atomic E-state index is 12.4. The minimum Gasteiger partial charge on any atom is -0.493 e. The summed E-state index contributed by atoms with van der Waals surface area (Å²) in [6.45, 7) is 0.848. The van der Waals surface area contributed by atoms with E-state index in [-0.39, 0.29) is 24.2 Å². The molecule has 2 heterocycles. The van der Waals surface area contributed by atoms with Gasteiger partial charge in [-0.05, 0) is 24.3 Å². The highest BCUT2D eigenvalue weighted by atomic mass is 16.5. The molecule has 1 fully saturated rings. The number of anilines is 1. The van der Waals surface area contributed by atoms with E-state index in [1.54, 1.807) is 43.5 Å². The Kier molecular flexibility index (Phi) is 5.90. The van der Waals surface area contributed by atoms with Crippen molar-refractivity contribution in [1.29, 1.82) is 0 Å². The first-order valence-corrected chi connectivity index (χ1v) is 8.82. The molecule has 0 saturated carbocycles. The van der Waals surface area contributed by atoms with Crippen LogP contribution in [-0.4, -0.2) is 44.1 Å². The fourth-order valence-corrected chi connectivity index (χ4v) is 3.13. The molecule has 1 saturated heterocycles. The van der Waals surface area contributed by atoms with Gasteiger partial charge in [-0.25, -0.2) is 0 Å². The molecule has 1 aliphatic rings. The molecule has 2 aromatic rings. The van der Waals surface area contributed by atoms with Crippen LogP contribution >= 0.6 is 0 Å². The Labute approximate surface area is 158 Å². The summed E-state index contributed by atoms with van der Waals surface area (Å²) >= 11 is 0. The lowest BCUT2D eigenvalue weighted by Crippen LogP contribution is -2.34. The molecule has 1 aliphatic heterocycles. The van der Waals surface area contributed by atoms with Gasteiger partial charge in [0.15, 0.2) is 11.5 Å². The summed E-state index contributed by atoms with van der Waals surface area (Å²) in [6, 6.07) is 11.0. The van der Waals surface area contributed by atoms with Gasteiger partial charge in [0.2, 0.25) is 11.8 Å². The van der Waals surface area contributed by atoms with Crippen LogP contribution in [0.1, 0.15) is 12.1 Å². The summed E-state index contributed by atoms with van der Waals surface area (Å²) < 4.78 is 10.5. The van der Waals surface area contributed by atoms with Gasteiger partial charge in [0.1, 0.15) is 0 Å². The Morgan fingerprint density at radius 2 is 2.04 bits per heavy atom. The van der Waals surface area contributed by atoms with E-state index in [0.29, 0.717) is 36.7 Å². The lowest BCUT2D eigenvalue weighted by atomic mass is 10.1. The topological polar surface area (TPSA) is 80.8 Å². The molecule has 3 rings (SSSR count). The number of amides is 2. The quantitative estimate of drug-likeness (QED) is 0.805. The van der Waals surface area contributed by atoms with Crippen molar-refractivity contribution in [2.24, 2.45) is 5.92 Å². The fraction of sp³-hybridized carbons (Fsp3) is 0.350. The number of carbonyl (C=O) groups is 2. The molecule has 0 radical (unpaired) electrons. The molecule has 0 unspecified atom stereocenters. The number of rotatable bonds is 7. The third kappa shape index (κ3) is 4.36. The largest absolute Gasteiger partial charge is 0.493 e. The van der Waals surface area contributed by atoms with Gasteiger partial charge in [-0.1, -0.05) is 6.07 Å². The molecule has 1 N–H and O–H groups in total. The zero-order valence-corrected chi connectivity index (χ0v) is 15.5. The van der Waals surface area contributed by atoms with Crippen LogP contribution in [0.2, 0.25) is 0 Å². The summed E-state index contributed by atoms with van der Waals surface area (Å²) in [4.78, 5) is 30.7. The van der Waals surface area contributed by atoms with Gasteiger partial charge in [-0.2, -0.15) is 0 Å². The third-order valence-electron chi connectivity index (χ3n) is 4.58. The molecular formula is C20H23N3O4. The zero-order valence-electron chi connectivity index (χ0n) is 15.5. The molecule has 1 aromatic carbocycles. The van der Waals surface area contributed by atoms with E-state index in [0.717, 1.165) is 5.69 Å². The highest BCUT2D eigenvalue weighted by Gasteiger charge is 2.35. The number of carbonyl (C=O) groups excluding carboxylic acids is 2. The van der Waals surface area contributed by atoms with Gasteiger partial charge in [0.25, 0.3) is 0 Å². The van der Waals surface area contributed by atoms with E-state index < -0.39 is 0 Å². The van der Waals surface area contributed by atoms with Gasteiger partial charge >= 0.3 is 0 Å². The summed E-state index contributed by atoms with van der Waals surface area (Å²) in [5.41, 5.74) is 1.62. The predicted octanol–water partition coefficient (Wildman–Crippen LogP) is 1.81. The number of ether oxygens (including phenoxy) is 2. The average molecular weight is 369 g/mol. The number of hydrogen-bond acceptors (Lipinski definition) is 5. The monoisotopic (exact) mass is 369 g/mol. The first-order chi connectivity index (χ1) is 13.1. The van der Waals surface area contributed by atoms with E-state index >= 15 is 0 Å². The van der Waals surface area contributed by atoms with Crippen LogP contribution in [0.5, 0.6) is 11.5 Å². The van der Waals surface area contributed by atoms with Crippen molar-refractivity contribution >= 4 is 17.5 Å². The molecule has 2 amide bonds. The Morgan fingerprint density at radius 1 is 1.22 bits per heavy atom. The molecule has 27 heavy (non-hydrogen) atoms. The average Bonchev–Trinajstić information content (AvgIpc) is 3.10. The van der Waals surface area contributed by atoms with Crippen molar-refractivity contribution in [3.8, 4) is 11.5 Å². The van der Waals surface area contributed by atoms with Crippen LogP contribution in [0.4, 0.5) is 5.69 Å². The van der Waals surface area contributed by atoms with Gasteiger partial charge in [-0.15, -0.1) is 0 Å². The SMILES string of the molecule is COc1ccc(N2C[C@H](C(=O)NCCc3ccccn3)CC2=O)cc1OC. The van der Waals surface area contributed by atoms with Crippen molar-refractivity contribution in [2.75, 3.05) is 32.2 Å².